The molecule has 0 saturated carbocycles. The zero-order valence-electron chi connectivity index (χ0n) is 22.8. The van der Waals surface area contributed by atoms with E-state index in [4.69, 9.17) is 14.5 Å². The van der Waals surface area contributed by atoms with Gasteiger partial charge in [0.2, 0.25) is 5.78 Å². The van der Waals surface area contributed by atoms with Crippen molar-refractivity contribution >= 4 is 34.3 Å². The molecular weight excluding hydrogens is 504 g/mol. The molecule has 3 heterocycles. The lowest BCUT2D eigenvalue weighted by Crippen LogP contribution is -2.19. The Bertz CT molecular complexity index is 1640. The second-order valence-electron chi connectivity index (χ2n) is 10.6. The van der Waals surface area contributed by atoms with Crippen molar-refractivity contribution in [2.75, 3.05) is 13.2 Å². The molecule has 1 N–H and O–H groups in total. The number of para-hydroxylation sites is 1. The number of allylic oxidation sites excluding steroid dienone is 1. The second kappa shape index (κ2) is 10.7. The summed E-state index contributed by atoms with van der Waals surface area (Å²) in [6.45, 7) is 5.10. The molecule has 0 bridgehead atoms. The van der Waals surface area contributed by atoms with Gasteiger partial charge in [-0.15, -0.1) is 0 Å². The Hall–Kier alpha value is -4.23. The molecule has 0 amide bonds. The number of phenolic OH excluding ortho intramolecular Hbond substituents is 1. The topological polar surface area (TPSA) is 90.7 Å². The SMILES string of the molecule is Cc1cc(C(=O)COC(=O)c2c3c(nc4ccccc24)/C(=C/c2ccc(O)cc2)CC3)c(C)n1CC1CCCO1. The van der Waals surface area contributed by atoms with Crippen LogP contribution >= 0.6 is 0 Å². The van der Waals surface area contributed by atoms with Gasteiger partial charge in [-0.05, 0) is 86.6 Å². The van der Waals surface area contributed by atoms with E-state index in [0.29, 0.717) is 23.1 Å². The Labute approximate surface area is 233 Å². The van der Waals surface area contributed by atoms with Crippen LogP contribution in [0.15, 0.2) is 54.6 Å². The number of benzene rings is 2. The predicted octanol–water partition coefficient (Wildman–Crippen LogP) is 6.06. The molecule has 2 aliphatic rings. The lowest BCUT2D eigenvalue weighted by atomic mass is 10.0. The smallest absolute Gasteiger partial charge is 0.339 e. The first kappa shape index (κ1) is 26.0. The molecule has 6 rings (SSSR count). The van der Waals surface area contributed by atoms with E-state index in [9.17, 15) is 14.7 Å². The third kappa shape index (κ3) is 4.93. The number of rotatable bonds is 7. The van der Waals surface area contributed by atoms with Gasteiger partial charge in [-0.2, -0.15) is 0 Å². The van der Waals surface area contributed by atoms with E-state index < -0.39 is 5.97 Å². The van der Waals surface area contributed by atoms with Crippen molar-refractivity contribution in [3.8, 4) is 5.75 Å². The molecule has 1 atom stereocenters. The number of aromatic nitrogens is 2. The summed E-state index contributed by atoms with van der Waals surface area (Å²) in [7, 11) is 0. The molecule has 2 aromatic heterocycles. The van der Waals surface area contributed by atoms with Gasteiger partial charge >= 0.3 is 5.97 Å². The van der Waals surface area contributed by atoms with Gasteiger partial charge in [-0.25, -0.2) is 9.78 Å². The van der Waals surface area contributed by atoms with Gasteiger partial charge in [0, 0.05) is 35.5 Å². The first-order valence-corrected chi connectivity index (χ1v) is 13.8. The molecule has 204 valence electrons. The number of Topliss-reactive ketones (excluding diaryl/α,β-unsaturated/α-hetero) is 1. The Morgan fingerprint density at radius 1 is 1.12 bits per heavy atom. The molecule has 4 aromatic rings. The van der Waals surface area contributed by atoms with Crippen molar-refractivity contribution in [1.29, 1.82) is 0 Å². The monoisotopic (exact) mass is 536 g/mol. The lowest BCUT2D eigenvalue weighted by Gasteiger charge is -2.15. The Morgan fingerprint density at radius 3 is 2.70 bits per heavy atom. The van der Waals surface area contributed by atoms with Crippen molar-refractivity contribution in [3.63, 3.8) is 0 Å². The van der Waals surface area contributed by atoms with Gasteiger partial charge in [0.1, 0.15) is 5.75 Å². The quantitative estimate of drug-likeness (QED) is 0.228. The standard InChI is InChI=1S/C33H32N2O5/c1-20-16-28(21(2)35(20)18-25-6-5-15-39-25)30(37)19-40-33(38)31-26-7-3-4-8-29(26)34-32-23(11-14-27(31)32)17-22-9-12-24(36)13-10-22/h3-4,7-10,12-13,16-17,25,36H,5-6,11,14-15,18-19H2,1-2H3/b23-17+. The largest absolute Gasteiger partial charge is 0.508 e. The summed E-state index contributed by atoms with van der Waals surface area (Å²) in [5.41, 5.74) is 7.22. The minimum Gasteiger partial charge on any atom is -0.508 e. The van der Waals surface area contributed by atoms with Crippen LogP contribution in [0.25, 0.3) is 22.6 Å². The van der Waals surface area contributed by atoms with E-state index in [0.717, 1.165) is 71.6 Å². The van der Waals surface area contributed by atoms with Crippen molar-refractivity contribution < 1.29 is 24.2 Å². The van der Waals surface area contributed by atoms with E-state index in [1.165, 1.54) is 0 Å². The van der Waals surface area contributed by atoms with Gasteiger partial charge in [0.25, 0.3) is 0 Å². The summed E-state index contributed by atoms with van der Waals surface area (Å²) in [5, 5.41) is 10.3. The van der Waals surface area contributed by atoms with Crippen LogP contribution < -0.4 is 0 Å². The average Bonchev–Trinajstić information content (AvgIpc) is 3.68. The maximum Gasteiger partial charge on any atom is 0.339 e. The third-order valence-electron chi connectivity index (χ3n) is 8.00. The molecule has 40 heavy (non-hydrogen) atoms. The summed E-state index contributed by atoms with van der Waals surface area (Å²) in [4.78, 5) is 31.7. The van der Waals surface area contributed by atoms with Crippen LogP contribution in [-0.2, 0) is 22.4 Å². The number of esters is 1. The van der Waals surface area contributed by atoms with Crippen LogP contribution in [-0.4, -0.2) is 45.7 Å². The first-order valence-electron chi connectivity index (χ1n) is 13.8. The van der Waals surface area contributed by atoms with E-state index in [1.807, 2.05) is 62.4 Å². The van der Waals surface area contributed by atoms with Gasteiger partial charge in [0.15, 0.2) is 6.61 Å². The molecule has 1 aliphatic carbocycles. The number of carbonyl (C=O) groups excluding carboxylic acids is 2. The summed E-state index contributed by atoms with van der Waals surface area (Å²) < 4.78 is 13.6. The number of aromatic hydroxyl groups is 1. The predicted molar refractivity (Wildman–Crippen MR) is 154 cm³/mol. The number of aryl methyl sites for hydroxylation is 1. The average molecular weight is 537 g/mol. The highest BCUT2D eigenvalue weighted by Crippen LogP contribution is 2.38. The Kier molecular flexibility index (Phi) is 6.98. The maximum atomic E-state index is 13.6. The van der Waals surface area contributed by atoms with Crippen LogP contribution in [0.1, 0.15) is 68.2 Å². The molecule has 0 spiro atoms. The third-order valence-corrected chi connectivity index (χ3v) is 8.00. The Morgan fingerprint density at radius 2 is 1.93 bits per heavy atom. The van der Waals surface area contributed by atoms with E-state index in [2.05, 4.69) is 4.57 Å². The highest BCUT2D eigenvalue weighted by molar-refractivity contribution is 6.08. The fourth-order valence-corrected chi connectivity index (χ4v) is 5.92. The summed E-state index contributed by atoms with van der Waals surface area (Å²) in [6.07, 6.45) is 5.68. The molecule has 7 heteroatoms. The van der Waals surface area contributed by atoms with E-state index >= 15 is 0 Å². The molecule has 7 nitrogen and oxygen atoms in total. The molecule has 2 aromatic carbocycles. The van der Waals surface area contributed by atoms with Gasteiger partial charge in [0.05, 0.1) is 22.9 Å². The minimum absolute atomic E-state index is 0.167. The van der Waals surface area contributed by atoms with Crippen molar-refractivity contribution in [2.45, 2.75) is 52.2 Å². The number of phenols is 1. The number of carbonyl (C=O) groups is 2. The summed E-state index contributed by atoms with van der Waals surface area (Å²) in [5.74, 6) is -0.521. The fourth-order valence-electron chi connectivity index (χ4n) is 5.92. The number of ether oxygens (including phenoxy) is 2. The lowest BCUT2D eigenvalue weighted by molar-refractivity contribution is 0.0475. The highest BCUT2D eigenvalue weighted by atomic mass is 16.5. The van der Waals surface area contributed by atoms with Crippen molar-refractivity contribution in [2.24, 2.45) is 0 Å². The zero-order chi connectivity index (χ0) is 27.8. The number of hydrogen-bond acceptors (Lipinski definition) is 6. The van der Waals surface area contributed by atoms with E-state index in [-0.39, 0.29) is 24.2 Å². The number of pyridine rings is 1. The van der Waals surface area contributed by atoms with Crippen molar-refractivity contribution in [3.05, 3.63) is 93.9 Å². The molecule has 1 aliphatic heterocycles. The number of hydrogen-bond donors (Lipinski definition) is 1. The van der Waals surface area contributed by atoms with Crippen molar-refractivity contribution in [1.82, 2.24) is 9.55 Å². The van der Waals surface area contributed by atoms with Crippen LogP contribution in [0, 0.1) is 13.8 Å². The number of nitrogens with zero attached hydrogens (tertiary/aromatic N) is 2. The van der Waals surface area contributed by atoms with Gasteiger partial charge < -0.3 is 19.1 Å². The Balaban J connectivity index is 1.26. The molecule has 0 radical (unpaired) electrons. The van der Waals surface area contributed by atoms with E-state index in [1.54, 1.807) is 12.1 Å². The van der Waals surface area contributed by atoms with Crippen LogP contribution in [0.4, 0.5) is 0 Å². The summed E-state index contributed by atoms with van der Waals surface area (Å²) in [6, 6.07) is 16.4. The number of fused-ring (bicyclic) bond motifs is 2. The molecule has 1 fully saturated rings. The zero-order valence-corrected chi connectivity index (χ0v) is 22.8. The highest BCUT2D eigenvalue weighted by Gasteiger charge is 2.28. The first-order chi connectivity index (χ1) is 19.4. The van der Waals surface area contributed by atoms with Crippen LogP contribution in [0.2, 0.25) is 0 Å². The molecule has 1 unspecified atom stereocenters. The summed E-state index contributed by atoms with van der Waals surface area (Å²) >= 11 is 0. The van der Waals surface area contributed by atoms with Crippen LogP contribution in [0.5, 0.6) is 5.75 Å². The fraction of sp³-hybridized carbons (Fsp3) is 0.303. The van der Waals surface area contributed by atoms with Gasteiger partial charge in [-0.3, -0.25) is 4.79 Å². The maximum absolute atomic E-state index is 13.6. The van der Waals surface area contributed by atoms with Gasteiger partial charge in [-0.1, -0.05) is 30.3 Å². The van der Waals surface area contributed by atoms with Crippen LogP contribution in [0.3, 0.4) is 0 Å². The minimum atomic E-state index is -0.512. The normalized spacial score (nSPS) is 17.4. The second-order valence-corrected chi connectivity index (χ2v) is 10.6. The molecule has 1 saturated heterocycles. The number of ketones is 1. The molecular formula is C33H32N2O5.